The lowest BCUT2D eigenvalue weighted by atomic mass is 9.87. The zero-order valence-electron chi connectivity index (χ0n) is 9.11. The van der Waals surface area contributed by atoms with Crippen molar-refractivity contribution in [2.24, 2.45) is 5.92 Å². The van der Waals surface area contributed by atoms with Gasteiger partial charge in [0.05, 0.1) is 0 Å². The Morgan fingerprint density at radius 2 is 2.00 bits per heavy atom. The van der Waals surface area contributed by atoms with E-state index in [4.69, 9.17) is 0 Å². The lowest BCUT2D eigenvalue weighted by Gasteiger charge is -2.19. The molecule has 2 unspecified atom stereocenters. The molecule has 1 nitrogen and oxygen atoms in total. The van der Waals surface area contributed by atoms with Gasteiger partial charge in [-0.15, -0.1) is 0 Å². The summed E-state index contributed by atoms with van der Waals surface area (Å²) in [6.07, 6.45) is 1.35. The third-order valence-corrected chi connectivity index (χ3v) is 3.46. The minimum Gasteiger partial charge on any atom is -0.306 e. The highest BCUT2D eigenvalue weighted by atomic mass is 15.1. The second kappa shape index (κ2) is 4.14. The van der Waals surface area contributed by atoms with Gasteiger partial charge in [-0.1, -0.05) is 37.3 Å². The van der Waals surface area contributed by atoms with Crippen molar-refractivity contribution < 1.29 is 0 Å². The highest BCUT2D eigenvalue weighted by Crippen LogP contribution is 2.30. The molecule has 2 atom stereocenters. The third-order valence-electron chi connectivity index (χ3n) is 3.46. The molecule has 0 bridgehead atoms. The van der Waals surface area contributed by atoms with Crippen molar-refractivity contribution in [1.29, 1.82) is 0 Å². The van der Waals surface area contributed by atoms with Crippen LogP contribution >= 0.6 is 0 Å². The van der Waals surface area contributed by atoms with Gasteiger partial charge in [-0.05, 0) is 37.4 Å². The maximum atomic E-state index is 2.43. The summed E-state index contributed by atoms with van der Waals surface area (Å²) < 4.78 is 0. The third kappa shape index (κ3) is 1.98. The van der Waals surface area contributed by atoms with Gasteiger partial charge in [0.1, 0.15) is 0 Å². The zero-order chi connectivity index (χ0) is 9.97. The van der Waals surface area contributed by atoms with Crippen LogP contribution in [0.4, 0.5) is 0 Å². The number of benzene rings is 1. The predicted octanol–water partition coefficient (Wildman–Crippen LogP) is 2.74. The molecule has 1 heteroatoms. The maximum Gasteiger partial charge on any atom is 0.00128 e. The van der Waals surface area contributed by atoms with Crippen LogP contribution in [0.1, 0.15) is 24.8 Å². The molecule has 1 aromatic carbocycles. The van der Waals surface area contributed by atoms with E-state index < -0.39 is 0 Å². The Hall–Kier alpha value is -0.820. The summed E-state index contributed by atoms with van der Waals surface area (Å²) in [6, 6.07) is 10.9. The normalized spacial score (nSPS) is 25.1. The Bertz CT molecular complexity index is 281. The molecule has 76 valence electrons. The smallest absolute Gasteiger partial charge is 0.00128 e. The van der Waals surface area contributed by atoms with E-state index in [1.54, 1.807) is 0 Å². The molecule has 0 saturated carbocycles. The Kier molecular flexibility index (Phi) is 2.87. The fourth-order valence-electron chi connectivity index (χ4n) is 2.41. The molecule has 1 aliphatic rings. The molecule has 0 amide bonds. The van der Waals surface area contributed by atoms with E-state index in [0.29, 0.717) is 5.92 Å². The van der Waals surface area contributed by atoms with Gasteiger partial charge < -0.3 is 4.90 Å². The van der Waals surface area contributed by atoms with Gasteiger partial charge >= 0.3 is 0 Å². The molecule has 0 aromatic heterocycles. The molecule has 0 aliphatic carbocycles. The summed E-state index contributed by atoms with van der Waals surface area (Å²) in [6.45, 7) is 4.89. The molecule has 0 N–H and O–H groups in total. The van der Waals surface area contributed by atoms with Gasteiger partial charge in [-0.2, -0.15) is 0 Å². The Morgan fingerprint density at radius 1 is 1.29 bits per heavy atom. The van der Waals surface area contributed by atoms with Gasteiger partial charge in [-0.3, -0.25) is 0 Å². The van der Waals surface area contributed by atoms with Crippen molar-refractivity contribution in [1.82, 2.24) is 4.90 Å². The van der Waals surface area contributed by atoms with Crippen LogP contribution < -0.4 is 0 Å². The second-order valence-electron chi connectivity index (χ2n) is 4.51. The van der Waals surface area contributed by atoms with Gasteiger partial charge in [0.15, 0.2) is 0 Å². The fraction of sp³-hybridized carbons (Fsp3) is 0.538. The Morgan fingerprint density at radius 3 is 2.57 bits per heavy atom. The van der Waals surface area contributed by atoms with Crippen LogP contribution in [0.5, 0.6) is 0 Å². The largest absolute Gasteiger partial charge is 0.306 e. The summed E-state index contributed by atoms with van der Waals surface area (Å²) in [5.41, 5.74) is 1.49. The topological polar surface area (TPSA) is 3.24 Å². The average molecular weight is 189 g/mol. The van der Waals surface area contributed by atoms with Crippen LogP contribution in [-0.4, -0.2) is 25.0 Å². The molecular weight excluding hydrogens is 170 g/mol. The molecular formula is C13H19N. The van der Waals surface area contributed by atoms with Crippen LogP contribution in [-0.2, 0) is 0 Å². The summed E-state index contributed by atoms with van der Waals surface area (Å²) >= 11 is 0. The van der Waals surface area contributed by atoms with E-state index in [0.717, 1.165) is 5.92 Å². The number of rotatable bonds is 2. The van der Waals surface area contributed by atoms with E-state index in [1.165, 1.54) is 25.1 Å². The average Bonchev–Trinajstić information content (AvgIpc) is 2.65. The second-order valence-corrected chi connectivity index (χ2v) is 4.51. The fourth-order valence-corrected chi connectivity index (χ4v) is 2.41. The van der Waals surface area contributed by atoms with E-state index >= 15 is 0 Å². The molecule has 1 aromatic rings. The minimum atomic E-state index is 0.709. The van der Waals surface area contributed by atoms with Crippen LogP contribution in [0, 0.1) is 5.92 Å². The monoisotopic (exact) mass is 189 g/mol. The Balaban J connectivity index is 2.05. The summed E-state index contributed by atoms with van der Waals surface area (Å²) in [5, 5.41) is 0. The van der Waals surface area contributed by atoms with Crippen molar-refractivity contribution in [3.05, 3.63) is 35.9 Å². The van der Waals surface area contributed by atoms with Gasteiger partial charge in [0.2, 0.25) is 0 Å². The van der Waals surface area contributed by atoms with Crippen molar-refractivity contribution >= 4 is 0 Å². The van der Waals surface area contributed by atoms with Gasteiger partial charge in [0, 0.05) is 6.54 Å². The molecule has 14 heavy (non-hydrogen) atoms. The number of likely N-dealkylation sites (tertiary alicyclic amines) is 1. The standard InChI is InChI=1S/C13H19N/c1-11(12-6-4-3-5-7-12)13-8-9-14(2)10-13/h3-7,11,13H,8-10H2,1-2H3. The van der Waals surface area contributed by atoms with Crippen LogP contribution in [0.3, 0.4) is 0 Å². The van der Waals surface area contributed by atoms with Crippen LogP contribution in [0.25, 0.3) is 0 Å². The lowest BCUT2D eigenvalue weighted by molar-refractivity contribution is 0.377. The van der Waals surface area contributed by atoms with Gasteiger partial charge in [-0.25, -0.2) is 0 Å². The van der Waals surface area contributed by atoms with E-state index in [1.807, 2.05) is 0 Å². The quantitative estimate of drug-likeness (QED) is 0.691. The van der Waals surface area contributed by atoms with Crippen molar-refractivity contribution in [3.63, 3.8) is 0 Å². The highest BCUT2D eigenvalue weighted by Gasteiger charge is 2.25. The Labute approximate surface area is 86.7 Å². The van der Waals surface area contributed by atoms with Crippen LogP contribution in [0.2, 0.25) is 0 Å². The maximum absolute atomic E-state index is 2.43. The minimum absolute atomic E-state index is 0.709. The summed E-state index contributed by atoms with van der Waals surface area (Å²) in [5.74, 6) is 1.56. The molecule has 1 heterocycles. The number of hydrogen-bond donors (Lipinski definition) is 0. The molecule has 0 radical (unpaired) electrons. The number of nitrogens with zero attached hydrogens (tertiary/aromatic N) is 1. The zero-order valence-corrected chi connectivity index (χ0v) is 9.11. The van der Waals surface area contributed by atoms with E-state index in [9.17, 15) is 0 Å². The first-order chi connectivity index (χ1) is 6.77. The van der Waals surface area contributed by atoms with Gasteiger partial charge in [0.25, 0.3) is 0 Å². The molecule has 1 saturated heterocycles. The van der Waals surface area contributed by atoms with Crippen molar-refractivity contribution in [3.8, 4) is 0 Å². The molecule has 0 spiro atoms. The highest BCUT2D eigenvalue weighted by molar-refractivity contribution is 5.19. The predicted molar refractivity (Wildman–Crippen MR) is 60.5 cm³/mol. The lowest BCUT2D eigenvalue weighted by Crippen LogP contribution is -2.17. The first-order valence-electron chi connectivity index (χ1n) is 5.51. The first-order valence-corrected chi connectivity index (χ1v) is 5.51. The van der Waals surface area contributed by atoms with Crippen molar-refractivity contribution in [2.45, 2.75) is 19.3 Å². The van der Waals surface area contributed by atoms with Crippen LogP contribution in [0.15, 0.2) is 30.3 Å². The van der Waals surface area contributed by atoms with E-state index in [-0.39, 0.29) is 0 Å². The summed E-state index contributed by atoms with van der Waals surface area (Å²) in [4.78, 5) is 2.43. The van der Waals surface area contributed by atoms with E-state index in [2.05, 4.69) is 49.2 Å². The summed E-state index contributed by atoms with van der Waals surface area (Å²) in [7, 11) is 2.22. The van der Waals surface area contributed by atoms with Crippen molar-refractivity contribution in [2.75, 3.05) is 20.1 Å². The SMILES string of the molecule is CC(c1ccccc1)C1CCN(C)C1. The number of hydrogen-bond acceptors (Lipinski definition) is 1. The first kappa shape index (κ1) is 9.72. The molecule has 1 aliphatic heterocycles. The molecule has 2 rings (SSSR count). The molecule has 1 fully saturated rings.